The van der Waals surface area contributed by atoms with Gasteiger partial charge in [-0.1, -0.05) is 24.3 Å². The van der Waals surface area contributed by atoms with Crippen molar-refractivity contribution in [1.82, 2.24) is 5.32 Å². The summed E-state index contributed by atoms with van der Waals surface area (Å²) in [6, 6.07) is 7.95. The molecule has 1 rings (SSSR count). The molecule has 0 heterocycles. The molecule has 2 N–H and O–H groups in total. The number of carboxylic acid groups (broad SMARTS) is 1. The average Bonchev–Trinajstić information content (AvgIpc) is 2.39. The fraction of sp³-hybridized carbons (Fsp3) is 0.375. The molecule has 0 saturated heterocycles. The zero-order valence-electron chi connectivity index (χ0n) is 12.4. The predicted molar refractivity (Wildman–Crippen MR) is 78.5 cm³/mol. The van der Waals surface area contributed by atoms with Gasteiger partial charge in [0.15, 0.2) is 0 Å². The lowest BCUT2D eigenvalue weighted by Gasteiger charge is -2.16. The minimum atomic E-state index is -1.07. The first-order chi connectivity index (χ1) is 9.32. The number of aliphatic carboxylic acids is 1. The highest BCUT2D eigenvalue weighted by Crippen LogP contribution is 2.10. The summed E-state index contributed by atoms with van der Waals surface area (Å²) in [6.45, 7) is 6.90. The Kier molecular flexibility index (Phi) is 5.50. The van der Waals surface area contributed by atoms with Crippen LogP contribution in [0.25, 0.3) is 0 Å². The molecule has 1 amide bonds. The second kappa shape index (κ2) is 6.89. The Hall–Kier alpha value is -2.10. The molecule has 1 atom stereocenters. The third kappa shape index (κ3) is 4.23. The molecule has 0 spiro atoms. The van der Waals surface area contributed by atoms with Crippen molar-refractivity contribution < 1.29 is 14.7 Å². The maximum Gasteiger partial charge on any atom is 0.331 e. The van der Waals surface area contributed by atoms with E-state index in [4.69, 9.17) is 5.11 Å². The third-order valence-electron chi connectivity index (χ3n) is 3.39. The average molecular weight is 275 g/mol. The summed E-state index contributed by atoms with van der Waals surface area (Å²) in [5.74, 6) is -1.39. The highest BCUT2D eigenvalue weighted by Gasteiger charge is 2.15. The van der Waals surface area contributed by atoms with Gasteiger partial charge in [0.05, 0.1) is 0 Å². The number of benzene rings is 1. The van der Waals surface area contributed by atoms with Gasteiger partial charge in [-0.05, 0) is 45.2 Å². The lowest BCUT2D eigenvalue weighted by Crippen LogP contribution is -2.35. The van der Waals surface area contributed by atoms with Gasteiger partial charge in [-0.15, -0.1) is 0 Å². The van der Waals surface area contributed by atoms with Crippen LogP contribution in [0.2, 0.25) is 0 Å². The first kappa shape index (κ1) is 16.0. The van der Waals surface area contributed by atoms with Crippen LogP contribution in [0, 0.1) is 6.92 Å². The van der Waals surface area contributed by atoms with E-state index in [1.807, 2.05) is 38.1 Å². The summed E-state index contributed by atoms with van der Waals surface area (Å²) in [5.41, 5.74) is 2.68. The maximum absolute atomic E-state index is 11.9. The van der Waals surface area contributed by atoms with Crippen LogP contribution < -0.4 is 5.32 Å². The van der Waals surface area contributed by atoms with Crippen LogP contribution in [0.4, 0.5) is 0 Å². The zero-order chi connectivity index (χ0) is 15.3. The second-order valence-electron chi connectivity index (χ2n) is 5.06. The van der Waals surface area contributed by atoms with E-state index in [1.54, 1.807) is 0 Å². The van der Waals surface area contributed by atoms with Crippen LogP contribution in [0.3, 0.4) is 0 Å². The third-order valence-corrected chi connectivity index (χ3v) is 3.39. The highest BCUT2D eigenvalue weighted by atomic mass is 16.4. The molecule has 0 fully saturated rings. The number of hydrogen-bond donors (Lipinski definition) is 2. The summed E-state index contributed by atoms with van der Waals surface area (Å²) < 4.78 is 0. The maximum atomic E-state index is 11.9. The van der Waals surface area contributed by atoms with E-state index >= 15 is 0 Å². The minimum Gasteiger partial charge on any atom is -0.478 e. The molecular weight excluding hydrogens is 254 g/mol. The topological polar surface area (TPSA) is 66.4 Å². The Bertz CT molecular complexity index is 546. The van der Waals surface area contributed by atoms with Gasteiger partial charge in [0, 0.05) is 17.2 Å². The Morgan fingerprint density at radius 2 is 1.80 bits per heavy atom. The molecule has 0 aromatic heterocycles. The molecule has 0 bridgehead atoms. The van der Waals surface area contributed by atoms with Crippen LogP contribution in [-0.4, -0.2) is 23.0 Å². The number of aryl methyl sites for hydroxylation is 1. The molecule has 0 aliphatic rings. The van der Waals surface area contributed by atoms with Crippen molar-refractivity contribution in [3.63, 3.8) is 0 Å². The lowest BCUT2D eigenvalue weighted by atomic mass is 10.0. The van der Waals surface area contributed by atoms with E-state index in [2.05, 4.69) is 5.32 Å². The normalized spacial score (nSPS) is 13.4. The Labute approximate surface area is 119 Å². The molecule has 0 aliphatic heterocycles. The van der Waals surface area contributed by atoms with E-state index in [1.165, 1.54) is 25.0 Å². The van der Waals surface area contributed by atoms with Gasteiger partial charge in [0.25, 0.3) is 0 Å². The molecule has 4 heteroatoms. The molecule has 108 valence electrons. The van der Waals surface area contributed by atoms with Gasteiger partial charge in [-0.25, -0.2) is 4.79 Å². The number of hydrogen-bond acceptors (Lipinski definition) is 2. The van der Waals surface area contributed by atoms with Gasteiger partial charge in [0.1, 0.15) is 0 Å². The van der Waals surface area contributed by atoms with E-state index in [-0.39, 0.29) is 23.1 Å². The monoisotopic (exact) mass is 275 g/mol. The van der Waals surface area contributed by atoms with Crippen LogP contribution >= 0.6 is 0 Å². The summed E-state index contributed by atoms with van der Waals surface area (Å²) in [4.78, 5) is 22.8. The van der Waals surface area contributed by atoms with Crippen LogP contribution in [0.15, 0.2) is 35.4 Å². The van der Waals surface area contributed by atoms with E-state index in [0.717, 1.165) is 6.42 Å². The van der Waals surface area contributed by atoms with Crippen molar-refractivity contribution in [2.45, 2.75) is 40.2 Å². The van der Waals surface area contributed by atoms with Gasteiger partial charge < -0.3 is 10.4 Å². The lowest BCUT2D eigenvalue weighted by molar-refractivity contribution is -0.133. The molecule has 0 saturated carbocycles. The molecule has 20 heavy (non-hydrogen) atoms. The van der Waals surface area contributed by atoms with Crippen molar-refractivity contribution in [1.29, 1.82) is 0 Å². The fourth-order valence-corrected chi connectivity index (χ4v) is 1.88. The Morgan fingerprint density at radius 1 is 1.20 bits per heavy atom. The predicted octanol–water partition coefficient (Wildman–Crippen LogP) is 2.46. The molecule has 1 aromatic rings. The van der Waals surface area contributed by atoms with Gasteiger partial charge >= 0.3 is 5.97 Å². The van der Waals surface area contributed by atoms with Crippen LogP contribution in [0.5, 0.6) is 0 Å². The molecule has 1 aromatic carbocycles. The van der Waals surface area contributed by atoms with E-state index < -0.39 is 5.97 Å². The summed E-state index contributed by atoms with van der Waals surface area (Å²) in [5, 5.41) is 11.7. The summed E-state index contributed by atoms with van der Waals surface area (Å²) in [6.07, 6.45) is 0.720. The van der Waals surface area contributed by atoms with Crippen molar-refractivity contribution in [3.8, 4) is 0 Å². The first-order valence-corrected chi connectivity index (χ1v) is 6.59. The Balaban J connectivity index is 2.70. The Morgan fingerprint density at radius 3 is 2.35 bits per heavy atom. The van der Waals surface area contributed by atoms with Gasteiger partial charge in [-0.3, -0.25) is 4.79 Å². The molecule has 0 radical (unpaired) electrons. The number of carbonyl (C=O) groups excluding carboxylic acids is 1. The van der Waals surface area contributed by atoms with Gasteiger partial charge in [-0.2, -0.15) is 0 Å². The number of amides is 1. The number of carbonyl (C=O) groups is 2. The largest absolute Gasteiger partial charge is 0.478 e. The van der Waals surface area contributed by atoms with Gasteiger partial charge in [0.2, 0.25) is 5.91 Å². The van der Waals surface area contributed by atoms with E-state index in [9.17, 15) is 9.59 Å². The standard InChI is InChI=1S/C16H21NO3/c1-10-7-5-6-8-14(10)9-11(2)17-15(18)12(3)13(4)16(19)20/h5-8,11H,9H2,1-4H3,(H,17,18)(H,19,20). The number of rotatable bonds is 5. The van der Waals surface area contributed by atoms with Crippen LogP contribution in [0.1, 0.15) is 31.9 Å². The molecule has 1 unspecified atom stereocenters. The van der Waals surface area contributed by atoms with Crippen LogP contribution in [-0.2, 0) is 16.0 Å². The number of nitrogens with one attached hydrogen (secondary N) is 1. The summed E-state index contributed by atoms with van der Waals surface area (Å²) in [7, 11) is 0. The number of carboxylic acids is 1. The second-order valence-corrected chi connectivity index (χ2v) is 5.06. The molecular formula is C16H21NO3. The minimum absolute atomic E-state index is 0.0554. The molecule has 0 aliphatic carbocycles. The quantitative estimate of drug-likeness (QED) is 0.811. The SMILES string of the molecule is CC(C(=O)O)=C(C)C(=O)NC(C)Cc1ccccc1C. The summed E-state index contributed by atoms with van der Waals surface area (Å²) >= 11 is 0. The van der Waals surface area contributed by atoms with Crippen molar-refractivity contribution in [3.05, 3.63) is 46.5 Å². The van der Waals surface area contributed by atoms with Crippen molar-refractivity contribution >= 4 is 11.9 Å². The smallest absolute Gasteiger partial charge is 0.331 e. The van der Waals surface area contributed by atoms with Crippen molar-refractivity contribution in [2.75, 3.05) is 0 Å². The highest BCUT2D eigenvalue weighted by molar-refractivity contribution is 6.01. The van der Waals surface area contributed by atoms with Crippen molar-refractivity contribution in [2.24, 2.45) is 0 Å². The van der Waals surface area contributed by atoms with E-state index in [0.29, 0.717) is 0 Å². The molecule has 4 nitrogen and oxygen atoms in total. The first-order valence-electron chi connectivity index (χ1n) is 6.59. The fourth-order valence-electron chi connectivity index (χ4n) is 1.88. The zero-order valence-corrected chi connectivity index (χ0v) is 12.4.